The highest BCUT2D eigenvalue weighted by Gasteiger charge is 2.36. The number of nitrogens with two attached hydrogens (primary N) is 2. The molecule has 2 rings (SSSR count). The molecule has 2 atom stereocenters. The zero-order valence-corrected chi connectivity index (χ0v) is 7.66. The second-order valence-corrected chi connectivity index (χ2v) is 3.92. The first kappa shape index (κ1) is 8.72. The molecule has 1 saturated heterocycles. The van der Waals surface area contributed by atoms with Crippen molar-refractivity contribution in [3.05, 3.63) is 12.3 Å². The third-order valence-electron chi connectivity index (χ3n) is 2.93. The van der Waals surface area contributed by atoms with E-state index in [-0.39, 0.29) is 5.54 Å². The van der Waals surface area contributed by atoms with Crippen LogP contribution in [0.2, 0.25) is 0 Å². The molecule has 4 nitrogen and oxygen atoms in total. The van der Waals surface area contributed by atoms with Gasteiger partial charge in [0.25, 0.3) is 0 Å². The highest BCUT2D eigenvalue weighted by Crippen LogP contribution is 2.27. The molecular weight excluding hydrogens is 164 g/mol. The average Bonchev–Trinajstić information content (AvgIpc) is 2.55. The van der Waals surface area contributed by atoms with E-state index in [2.05, 4.69) is 10.3 Å². The van der Waals surface area contributed by atoms with Crippen molar-refractivity contribution in [3.8, 4) is 0 Å². The summed E-state index contributed by atoms with van der Waals surface area (Å²) in [5.74, 6) is 1.15. The molecule has 13 heavy (non-hydrogen) atoms. The van der Waals surface area contributed by atoms with Gasteiger partial charge in [-0.3, -0.25) is 0 Å². The number of nitrogens with one attached hydrogen (secondary N) is 1. The molecule has 0 aromatic carbocycles. The molecule has 0 aliphatic carbocycles. The summed E-state index contributed by atoms with van der Waals surface area (Å²) in [5, 5.41) is 3.32. The first-order chi connectivity index (χ1) is 6.21. The maximum atomic E-state index is 6.27. The molecule has 2 heterocycles. The number of nitrogens with zero attached hydrogens (tertiary/aromatic N) is 1. The monoisotopic (exact) mass is 180 g/mol. The largest absolute Gasteiger partial charge is 0.387 e. The molecule has 0 aromatic rings. The Hall–Kier alpha value is -0.870. The molecule has 2 aliphatic heterocycles. The minimum atomic E-state index is -0.269. The van der Waals surface area contributed by atoms with E-state index in [4.69, 9.17) is 11.5 Å². The Bertz CT molecular complexity index is 252. The van der Waals surface area contributed by atoms with Crippen LogP contribution in [-0.4, -0.2) is 24.5 Å². The molecule has 0 bridgehead atoms. The molecule has 0 amide bonds. The average molecular weight is 180 g/mol. The highest BCUT2D eigenvalue weighted by atomic mass is 15.0. The molecule has 0 radical (unpaired) electrons. The third kappa shape index (κ3) is 1.59. The summed E-state index contributed by atoms with van der Waals surface area (Å²) >= 11 is 0. The quantitative estimate of drug-likeness (QED) is 0.512. The number of hydrogen-bond acceptors (Lipinski definition) is 4. The van der Waals surface area contributed by atoms with Gasteiger partial charge < -0.3 is 16.8 Å². The van der Waals surface area contributed by atoms with Crippen LogP contribution >= 0.6 is 0 Å². The number of amidine groups is 1. The van der Waals surface area contributed by atoms with E-state index in [0.717, 1.165) is 19.5 Å². The van der Waals surface area contributed by atoms with Crippen LogP contribution in [0.4, 0.5) is 0 Å². The van der Waals surface area contributed by atoms with Gasteiger partial charge in [0.2, 0.25) is 0 Å². The second-order valence-electron chi connectivity index (χ2n) is 3.92. The van der Waals surface area contributed by atoms with E-state index in [1.807, 2.05) is 6.08 Å². The summed E-state index contributed by atoms with van der Waals surface area (Å²) in [6.07, 6.45) is 5.54. The molecule has 5 N–H and O–H groups in total. The van der Waals surface area contributed by atoms with Crippen molar-refractivity contribution in [2.75, 3.05) is 13.1 Å². The van der Waals surface area contributed by atoms with Gasteiger partial charge in [0.05, 0.1) is 0 Å². The summed E-state index contributed by atoms with van der Waals surface area (Å²) in [6, 6.07) is 0. The van der Waals surface area contributed by atoms with Gasteiger partial charge in [0, 0.05) is 24.7 Å². The number of rotatable bonds is 1. The van der Waals surface area contributed by atoms with E-state index in [1.54, 1.807) is 6.20 Å². The molecule has 0 saturated carbocycles. The highest BCUT2D eigenvalue weighted by molar-refractivity contribution is 5.83. The van der Waals surface area contributed by atoms with Crippen molar-refractivity contribution in [1.29, 1.82) is 0 Å². The minimum Gasteiger partial charge on any atom is -0.387 e. The Balaban J connectivity index is 2.12. The standard InChI is InChI=1S/C9H16N4/c10-8-5-9(11,2-4-13-8)7-1-3-12-6-7/h2,4,7,12H,1,3,5-6,11H2,(H2,10,13). The maximum Gasteiger partial charge on any atom is 0.101 e. The SMILES string of the molecule is NC1=NC=CC(N)(C2CCNC2)C1. The molecule has 2 unspecified atom stereocenters. The van der Waals surface area contributed by atoms with E-state index in [9.17, 15) is 0 Å². The summed E-state index contributed by atoms with van der Waals surface area (Å²) in [6.45, 7) is 2.06. The molecular formula is C9H16N4. The van der Waals surface area contributed by atoms with Gasteiger partial charge in [0.15, 0.2) is 0 Å². The Kier molecular flexibility index (Phi) is 2.09. The number of aliphatic imine (C=N–C) groups is 1. The molecule has 4 heteroatoms. The summed E-state index contributed by atoms with van der Waals surface area (Å²) < 4.78 is 0. The van der Waals surface area contributed by atoms with Gasteiger partial charge in [-0.1, -0.05) is 0 Å². The van der Waals surface area contributed by atoms with Crippen molar-refractivity contribution in [3.63, 3.8) is 0 Å². The lowest BCUT2D eigenvalue weighted by molar-refractivity contribution is 0.363. The molecule has 72 valence electrons. The van der Waals surface area contributed by atoms with Crippen LogP contribution in [0.5, 0.6) is 0 Å². The van der Waals surface area contributed by atoms with Gasteiger partial charge in [-0.15, -0.1) is 0 Å². The van der Waals surface area contributed by atoms with E-state index in [0.29, 0.717) is 18.2 Å². The van der Waals surface area contributed by atoms with E-state index in [1.165, 1.54) is 0 Å². The van der Waals surface area contributed by atoms with Gasteiger partial charge >= 0.3 is 0 Å². The molecule has 2 aliphatic rings. The zero-order chi connectivity index (χ0) is 9.31. The van der Waals surface area contributed by atoms with Crippen LogP contribution in [0.25, 0.3) is 0 Å². The summed E-state index contributed by atoms with van der Waals surface area (Å²) in [4.78, 5) is 4.01. The molecule has 1 fully saturated rings. The van der Waals surface area contributed by atoms with Crippen LogP contribution < -0.4 is 16.8 Å². The Morgan fingerprint density at radius 2 is 2.46 bits per heavy atom. The summed E-state index contributed by atoms with van der Waals surface area (Å²) in [5.41, 5.74) is 11.7. The van der Waals surface area contributed by atoms with Crippen molar-refractivity contribution in [2.45, 2.75) is 18.4 Å². The topological polar surface area (TPSA) is 76.4 Å². The fourth-order valence-electron chi connectivity index (χ4n) is 2.08. The lowest BCUT2D eigenvalue weighted by Gasteiger charge is -2.33. The van der Waals surface area contributed by atoms with Gasteiger partial charge in [-0.2, -0.15) is 0 Å². The van der Waals surface area contributed by atoms with E-state index >= 15 is 0 Å². The van der Waals surface area contributed by atoms with Crippen molar-refractivity contribution >= 4 is 5.84 Å². The maximum absolute atomic E-state index is 6.27. The molecule has 0 spiro atoms. The fourth-order valence-corrected chi connectivity index (χ4v) is 2.08. The Morgan fingerprint density at radius 3 is 3.08 bits per heavy atom. The van der Waals surface area contributed by atoms with E-state index < -0.39 is 0 Å². The minimum absolute atomic E-state index is 0.269. The Morgan fingerprint density at radius 1 is 1.62 bits per heavy atom. The molecule has 0 aromatic heterocycles. The lowest BCUT2D eigenvalue weighted by atomic mass is 9.80. The number of hydrogen-bond donors (Lipinski definition) is 3. The predicted molar refractivity (Wildman–Crippen MR) is 53.3 cm³/mol. The third-order valence-corrected chi connectivity index (χ3v) is 2.93. The summed E-state index contributed by atoms with van der Waals surface area (Å²) in [7, 11) is 0. The van der Waals surface area contributed by atoms with Crippen molar-refractivity contribution in [1.82, 2.24) is 5.32 Å². The first-order valence-electron chi connectivity index (χ1n) is 4.70. The van der Waals surface area contributed by atoms with Crippen LogP contribution in [0.1, 0.15) is 12.8 Å². The van der Waals surface area contributed by atoms with Crippen LogP contribution in [0.3, 0.4) is 0 Å². The normalized spacial score (nSPS) is 39.2. The zero-order valence-electron chi connectivity index (χ0n) is 7.66. The van der Waals surface area contributed by atoms with Crippen LogP contribution in [-0.2, 0) is 0 Å². The van der Waals surface area contributed by atoms with Crippen molar-refractivity contribution < 1.29 is 0 Å². The van der Waals surface area contributed by atoms with Crippen LogP contribution in [0.15, 0.2) is 17.3 Å². The lowest BCUT2D eigenvalue weighted by Crippen LogP contribution is -2.50. The Labute approximate surface area is 78.1 Å². The fraction of sp³-hybridized carbons (Fsp3) is 0.667. The van der Waals surface area contributed by atoms with Crippen LogP contribution in [0, 0.1) is 5.92 Å². The predicted octanol–water partition coefficient (Wildman–Crippen LogP) is -0.432. The van der Waals surface area contributed by atoms with Crippen molar-refractivity contribution in [2.24, 2.45) is 22.4 Å². The second kappa shape index (κ2) is 3.12. The van der Waals surface area contributed by atoms with Gasteiger partial charge in [-0.05, 0) is 25.0 Å². The van der Waals surface area contributed by atoms with Gasteiger partial charge in [-0.25, -0.2) is 4.99 Å². The smallest absolute Gasteiger partial charge is 0.101 e. The first-order valence-corrected chi connectivity index (χ1v) is 4.70. The van der Waals surface area contributed by atoms with Gasteiger partial charge in [0.1, 0.15) is 5.84 Å².